The maximum atomic E-state index is 6.34. The molecule has 7 nitrogen and oxygen atoms in total. The van der Waals surface area contributed by atoms with E-state index in [4.69, 9.17) is 15.7 Å². The van der Waals surface area contributed by atoms with Crippen LogP contribution in [0.25, 0.3) is 39.5 Å². The van der Waals surface area contributed by atoms with Crippen molar-refractivity contribution >= 4 is 28.9 Å². The van der Waals surface area contributed by atoms with Gasteiger partial charge in [0, 0.05) is 37.1 Å². The molecule has 0 aliphatic carbocycles. The van der Waals surface area contributed by atoms with Gasteiger partial charge in [-0.05, 0) is 85.1 Å². The summed E-state index contributed by atoms with van der Waals surface area (Å²) < 4.78 is 4.59. The van der Waals surface area contributed by atoms with Crippen LogP contribution in [0, 0.1) is 5.41 Å². The molecule has 0 atom stereocenters. The maximum absolute atomic E-state index is 6.34. The zero-order valence-electron chi connectivity index (χ0n) is 25.7. The van der Waals surface area contributed by atoms with E-state index in [1.54, 1.807) is 18.1 Å². The van der Waals surface area contributed by atoms with Crippen molar-refractivity contribution in [3.05, 3.63) is 103 Å². The fraction of sp³-hybridized carbons (Fsp3) is 0.306. The molecule has 2 fully saturated rings. The Labute approximate surface area is 265 Å². The SMILES string of the molecule is C=CSN1CCC2(CCN(Cc3ccc(-n4c(-c5cccnc5N)nc5ccc(-c6ccccc6)nc54)cc3)CC2)C1.CC. The van der Waals surface area contributed by atoms with Crippen molar-refractivity contribution in [2.24, 2.45) is 5.41 Å². The Hall–Kier alpha value is -3.98. The van der Waals surface area contributed by atoms with Gasteiger partial charge in [0.2, 0.25) is 0 Å². The van der Waals surface area contributed by atoms with Gasteiger partial charge in [-0.15, -0.1) is 0 Å². The van der Waals surface area contributed by atoms with Crippen molar-refractivity contribution in [3.63, 3.8) is 0 Å². The van der Waals surface area contributed by atoms with Gasteiger partial charge in [0.1, 0.15) is 11.3 Å². The van der Waals surface area contributed by atoms with Gasteiger partial charge < -0.3 is 5.73 Å². The number of hydrogen-bond donors (Lipinski definition) is 1. The van der Waals surface area contributed by atoms with Crippen molar-refractivity contribution in [1.29, 1.82) is 0 Å². The second kappa shape index (κ2) is 13.3. The Kier molecular flexibility index (Phi) is 9.12. The van der Waals surface area contributed by atoms with Gasteiger partial charge in [-0.2, -0.15) is 0 Å². The summed E-state index contributed by atoms with van der Waals surface area (Å²) in [6, 6.07) is 27.0. The third kappa shape index (κ3) is 6.15. The Morgan fingerprint density at radius 1 is 0.886 bits per heavy atom. The highest BCUT2D eigenvalue weighted by molar-refractivity contribution is 7.99. The second-order valence-corrected chi connectivity index (χ2v) is 12.5. The lowest BCUT2D eigenvalue weighted by Crippen LogP contribution is -2.40. The Balaban J connectivity index is 0.00000168. The summed E-state index contributed by atoms with van der Waals surface area (Å²) in [5, 5.41) is 1.96. The molecule has 0 radical (unpaired) electrons. The summed E-state index contributed by atoms with van der Waals surface area (Å²) in [6.45, 7) is 13.5. The number of rotatable bonds is 7. The smallest absolute Gasteiger partial charge is 0.165 e. The van der Waals surface area contributed by atoms with Crippen LogP contribution in [0.5, 0.6) is 0 Å². The summed E-state index contributed by atoms with van der Waals surface area (Å²) in [5.74, 6) is 1.19. The van der Waals surface area contributed by atoms with Crippen LogP contribution < -0.4 is 5.73 Å². The van der Waals surface area contributed by atoms with Crippen LogP contribution in [-0.2, 0) is 6.54 Å². The second-order valence-electron chi connectivity index (χ2n) is 11.4. The predicted molar refractivity (Wildman–Crippen MR) is 184 cm³/mol. The molecule has 2 aromatic carbocycles. The highest BCUT2D eigenvalue weighted by Crippen LogP contribution is 2.42. The number of nitrogen functional groups attached to an aromatic ring is 1. The van der Waals surface area contributed by atoms with E-state index in [1.165, 1.54) is 37.9 Å². The van der Waals surface area contributed by atoms with Gasteiger partial charge in [0.15, 0.2) is 11.5 Å². The average Bonchev–Trinajstić information content (AvgIpc) is 3.65. The minimum Gasteiger partial charge on any atom is -0.383 e. The van der Waals surface area contributed by atoms with Crippen LogP contribution in [0.2, 0.25) is 0 Å². The van der Waals surface area contributed by atoms with Crippen molar-refractivity contribution < 1.29 is 0 Å². The molecule has 0 bridgehead atoms. The standard InChI is InChI=1S/C34H35N7S.C2H6/c1-2-42-40-22-18-34(24-40)16-20-39(21-17-34)23-25-10-12-27(13-11-25)41-32(28-9-6-19-36-31(28)35)38-30-15-14-29(37-33(30)41)26-7-4-3-5-8-26;1-2/h2-15,19H,1,16-18,20-24H2,(H2,35,36);1-2H3. The largest absolute Gasteiger partial charge is 0.383 e. The lowest BCUT2D eigenvalue weighted by molar-refractivity contribution is 0.110. The van der Waals surface area contributed by atoms with Crippen LogP contribution in [0.3, 0.4) is 0 Å². The molecule has 5 aromatic rings. The summed E-state index contributed by atoms with van der Waals surface area (Å²) >= 11 is 1.77. The number of aromatic nitrogens is 4. The molecule has 7 rings (SSSR count). The third-order valence-electron chi connectivity index (χ3n) is 8.80. The van der Waals surface area contributed by atoms with Gasteiger partial charge in [0.25, 0.3) is 0 Å². The number of fused-ring (bicyclic) bond motifs is 1. The number of piperidine rings is 1. The number of anilines is 1. The molecule has 0 saturated carbocycles. The van der Waals surface area contributed by atoms with Gasteiger partial charge in [0.05, 0.1) is 11.3 Å². The number of benzene rings is 2. The number of nitrogens with zero attached hydrogens (tertiary/aromatic N) is 6. The molecule has 2 aliphatic heterocycles. The first-order chi connectivity index (χ1) is 21.6. The topological polar surface area (TPSA) is 76.1 Å². The predicted octanol–water partition coefficient (Wildman–Crippen LogP) is 7.84. The normalized spacial score (nSPS) is 16.6. The quantitative estimate of drug-likeness (QED) is 0.190. The molecule has 1 spiro atoms. The van der Waals surface area contributed by atoms with E-state index in [0.29, 0.717) is 11.2 Å². The zero-order valence-corrected chi connectivity index (χ0v) is 26.5. The van der Waals surface area contributed by atoms with E-state index in [0.717, 1.165) is 59.1 Å². The minimum absolute atomic E-state index is 0.449. The number of likely N-dealkylation sites (tertiary alicyclic amines) is 1. The van der Waals surface area contributed by atoms with Gasteiger partial charge in [-0.3, -0.25) is 9.47 Å². The van der Waals surface area contributed by atoms with E-state index in [9.17, 15) is 0 Å². The van der Waals surface area contributed by atoms with Crippen molar-refractivity contribution in [1.82, 2.24) is 28.7 Å². The van der Waals surface area contributed by atoms with E-state index >= 15 is 0 Å². The zero-order chi connectivity index (χ0) is 30.5. The third-order valence-corrected chi connectivity index (χ3v) is 9.56. The van der Waals surface area contributed by atoms with Gasteiger partial charge >= 0.3 is 0 Å². The highest BCUT2D eigenvalue weighted by Gasteiger charge is 2.40. The molecule has 2 aliphatic rings. The number of nitrogens with two attached hydrogens (primary N) is 1. The van der Waals surface area contributed by atoms with E-state index in [1.807, 2.05) is 61.7 Å². The molecule has 8 heteroatoms. The number of imidazole rings is 1. The summed E-state index contributed by atoms with van der Waals surface area (Å²) in [4.78, 5) is 17.0. The van der Waals surface area contributed by atoms with Crippen LogP contribution >= 0.6 is 11.9 Å². The fourth-order valence-electron chi connectivity index (χ4n) is 6.45. The lowest BCUT2D eigenvalue weighted by atomic mass is 9.78. The van der Waals surface area contributed by atoms with Crippen LogP contribution in [0.4, 0.5) is 5.82 Å². The number of hydrogen-bond acceptors (Lipinski definition) is 7. The Bertz CT molecular complexity index is 1710. The van der Waals surface area contributed by atoms with Crippen molar-refractivity contribution in [2.45, 2.75) is 39.7 Å². The Morgan fingerprint density at radius 3 is 2.36 bits per heavy atom. The molecule has 44 heavy (non-hydrogen) atoms. The fourth-order valence-corrected chi connectivity index (χ4v) is 7.21. The van der Waals surface area contributed by atoms with E-state index < -0.39 is 0 Å². The van der Waals surface area contributed by atoms with Crippen molar-refractivity contribution in [3.8, 4) is 28.3 Å². The minimum atomic E-state index is 0.449. The highest BCUT2D eigenvalue weighted by atomic mass is 32.2. The lowest BCUT2D eigenvalue weighted by Gasteiger charge is -2.39. The summed E-state index contributed by atoms with van der Waals surface area (Å²) in [5.41, 5.74) is 13.5. The molecule has 2 N–H and O–H groups in total. The van der Waals surface area contributed by atoms with Crippen LogP contribution in [0.15, 0.2) is 97.0 Å². The average molecular weight is 604 g/mol. The van der Waals surface area contributed by atoms with E-state index in [2.05, 4.69) is 61.7 Å². The first-order valence-corrected chi connectivity index (χ1v) is 16.4. The van der Waals surface area contributed by atoms with Gasteiger partial charge in [-0.1, -0.05) is 74.8 Å². The van der Waals surface area contributed by atoms with Gasteiger partial charge in [-0.25, -0.2) is 19.3 Å². The maximum Gasteiger partial charge on any atom is 0.165 e. The molecule has 2 saturated heterocycles. The van der Waals surface area contributed by atoms with E-state index in [-0.39, 0.29) is 0 Å². The van der Waals surface area contributed by atoms with Crippen LogP contribution in [0.1, 0.15) is 38.7 Å². The molecule has 226 valence electrons. The number of pyridine rings is 2. The molecule has 5 heterocycles. The molecule has 3 aromatic heterocycles. The first kappa shape index (κ1) is 30.1. The summed E-state index contributed by atoms with van der Waals surface area (Å²) in [7, 11) is 0. The summed E-state index contributed by atoms with van der Waals surface area (Å²) in [6.07, 6.45) is 5.55. The molecule has 0 amide bonds. The van der Waals surface area contributed by atoms with Crippen molar-refractivity contribution in [2.75, 3.05) is 31.9 Å². The molecular weight excluding hydrogens is 563 g/mol. The first-order valence-electron chi connectivity index (χ1n) is 15.6. The van der Waals surface area contributed by atoms with Crippen LogP contribution in [-0.4, -0.2) is 54.9 Å². The Morgan fingerprint density at radius 2 is 1.64 bits per heavy atom. The molecule has 0 unspecified atom stereocenters. The monoisotopic (exact) mass is 603 g/mol. The molecular formula is C36H41N7S.